The maximum atomic E-state index is 13.2. The summed E-state index contributed by atoms with van der Waals surface area (Å²) in [4.78, 5) is 0. The number of rotatable bonds is 3. The minimum absolute atomic E-state index is 0.0372. The van der Waals surface area contributed by atoms with Crippen LogP contribution in [0.4, 0.5) is 4.39 Å². The highest BCUT2D eigenvalue weighted by Gasteiger charge is 2.28. The van der Waals surface area contributed by atoms with Crippen LogP contribution >= 0.6 is 15.9 Å². The summed E-state index contributed by atoms with van der Waals surface area (Å²) in [6.07, 6.45) is -0.447. The zero-order valence-electron chi connectivity index (χ0n) is 7.89. The monoisotopic (exact) mass is 296 g/mol. The lowest BCUT2D eigenvalue weighted by molar-refractivity contribution is 0.190. The molecule has 15 heavy (non-hydrogen) atoms. The fourth-order valence-electron chi connectivity index (χ4n) is 1.09. The number of hydrogen-bond donors (Lipinski definition) is 1. The molecule has 0 amide bonds. The molecule has 6 heteroatoms. The number of hydrogen-bond acceptors (Lipinski definition) is 3. The lowest BCUT2D eigenvalue weighted by atomic mass is 10.1. The van der Waals surface area contributed by atoms with Gasteiger partial charge in [-0.3, -0.25) is 0 Å². The van der Waals surface area contributed by atoms with Crippen molar-refractivity contribution in [3.63, 3.8) is 0 Å². The second kappa shape index (κ2) is 4.59. The van der Waals surface area contributed by atoms with Crippen molar-refractivity contribution in [2.45, 2.75) is 10.3 Å². The van der Waals surface area contributed by atoms with Crippen molar-refractivity contribution in [1.82, 2.24) is 0 Å². The van der Waals surface area contributed by atoms with Crippen LogP contribution in [0.15, 0.2) is 24.3 Å². The topological polar surface area (TPSA) is 54.4 Å². The normalized spacial score (nSPS) is 16.0. The van der Waals surface area contributed by atoms with Crippen molar-refractivity contribution in [3.05, 3.63) is 35.6 Å². The van der Waals surface area contributed by atoms with E-state index < -0.39 is 25.9 Å². The van der Waals surface area contributed by atoms with Gasteiger partial charge in [0.2, 0.25) is 0 Å². The molecule has 0 radical (unpaired) electrons. The molecular formula is C9H10BrFO3S. The summed E-state index contributed by atoms with van der Waals surface area (Å²) in [5.74, 6) is -0.627. The third-order valence-electron chi connectivity index (χ3n) is 1.88. The van der Waals surface area contributed by atoms with E-state index in [4.69, 9.17) is 0 Å². The predicted octanol–water partition coefficient (Wildman–Crippen LogP) is 1.62. The Labute approximate surface area is 96.0 Å². The van der Waals surface area contributed by atoms with Gasteiger partial charge in [-0.1, -0.05) is 34.1 Å². The molecule has 1 rings (SSSR count). The van der Waals surface area contributed by atoms with Crippen molar-refractivity contribution in [2.75, 3.05) is 6.26 Å². The van der Waals surface area contributed by atoms with Gasteiger partial charge >= 0.3 is 0 Å². The molecule has 1 aromatic rings. The van der Waals surface area contributed by atoms with E-state index in [1.54, 1.807) is 0 Å². The van der Waals surface area contributed by atoms with Gasteiger partial charge < -0.3 is 5.11 Å². The highest BCUT2D eigenvalue weighted by molar-refractivity contribution is 9.11. The Bertz CT molecular complexity index is 446. The van der Waals surface area contributed by atoms with Gasteiger partial charge in [0.25, 0.3) is 0 Å². The molecule has 0 unspecified atom stereocenters. The molecule has 0 fully saturated rings. The van der Waals surface area contributed by atoms with E-state index in [2.05, 4.69) is 15.9 Å². The minimum atomic E-state index is -3.47. The van der Waals surface area contributed by atoms with Gasteiger partial charge in [-0.25, -0.2) is 12.8 Å². The van der Waals surface area contributed by atoms with Crippen molar-refractivity contribution in [2.24, 2.45) is 0 Å². The van der Waals surface area contributed by atoms with Crippen LogP contribution in [0.3, 0.4) is 0 Å². The molecular weight excluding hydrogens is 287 g/mol. The molecule has 0 aliphatic heterocycles. The molecule has 3 nitrogen and oxygen atoms in total. The lowest BCUT2D eigenvalue weighted by Crippen LogP contribution is -2.22. The van der Waals surface area contributed by atoms with Crippen LogP contribution < -0.4 is 0 Å². The molecule has 0 aliphatic rings. The van der Waals surface area contributed by atoms with Gasteiger partial charge in [0, 0.05) is 11.8 Å². The fraction of sp³-hybridized carbons (Fsp3) is 0.333. The Hall–Kier alpha value is -0.460. The minimum Gasteiger partial charge on any atom is -0.386 e. The summed E-state index contributed by atoms with van der Waals surface area (Å²) in [5.41, 5.74) is -0.0372. The summed E-state index contributed by atoms with van der Waals surface area (Å²) in [7, 11) is -3.47. The Morgan fingerprint density at radius 3 is 2.40 bits per heavy atom. The first-order chi connectivity index (χ1) is 6.84. The molecule has 0 bridgehead atoms. The molecule has 84 valence electrons. The van der Waals surface area contributed by atoms with Crippen molar-refractivity contribution in [3.8, 4) is 0 Å². The molecule has 0 heterocycles. The van der Waals surface area contributed by atoms with Crippen molar-refractivity contribution >= 4 is 25.8 Å². The Kier molecular flexibility index (Phi) is 3.86. The largest absolute Gasteiger partial charge is 0.386 e. The molecule has 1 aromatic carbocycles. The van der Waals surface area contributed by atoms with Gasteiger partial charge in [-0.2, -0.15) is 0 Å². The number of alkyl halides is 1. The number of benzene rings is 1. The molecule has 0 saturated carbocycles. The zero-order chi connectivity index (χ0) is 11.6. The van der Waals surface area contributed by atoms with E-state index in [1.165, 1.54) is 24.3 Å². The highest BCUT2D eigenvalue weighted by Crippen LogP contribution is 2.27. The van der Waals surface area contributed by atoms with E-state index in [0.717, 1.165) is 6.26 Å². The first kappa shape index (κ1) is 12.6. The van der Waals surface area contributed by atoms with Crippen LogP contribution in [0.1, 0.15) is 11.7 Å². The molecule has 0 saturated heterocycles. The maximum absolute atomic E-state index is 13.2. The van der Waals surface area contributed by atoms with E-state index in [-0.39, 0.29) is 5.56 Å². The Morgan fingerprint density at radius 2 is 1.93 bits per heavy atom. The first-order valence-electron chi connectivity index (χ1n) is 4.09. The van der Waals surface area contributed by atoms with Crippen LogP contribution in [0.5, 0.6) is 0 Å². The average Bonchev–Trinajstić information content (AvgIpc) is 2.15. The zero-order valence-corrected chi connectivity index (χ0v) is 10.3. The van der Waals surface area contributed by atoms with Crippen LogP contribution in [-0.4, -0.2) is 23.9 Å². The van der Waals surface area contributed by atoms with Gasteiger partial charge in [0.05, 0.1) is 0 Å². The number of aliphatic hydroxyl groups excluding tert-OH is 1. The van der Waals surface area contributed by atoms with E-state index in [1.807, 2.05) is 0 Å². The van der Waals surface area contributed by atoms with Crippen LogP contribution in [0, 0.1) is 5.82 Å². The molecule has 0 spiro atoms. The second-order valence-electron chi connectivity index (χ2n) is 3.15. The van der Waals surface area contributed by atoms with Crippen LogP contribution in [0.25, 0.3) is 0 Å². The van der Waals surface area contributed by atoms with E-state index >= 15 is 0 Å². The summed E-state index contributed by atoms with van der Waals surface area (Å²) < 4.78 is 34.3. The van der Waals surface area contributed by atoms with Crippen LogP contribution in [0.2, 0.25) is 0 Å². The predicted molar refractivity (Wildman–Crippen MR) is 58.9 cm³/mol. The molecule has 2 atom stereocenters. The van der Waals surface area contributed by atoms with Gasteiger partial charge in [-0.15, -0.1) is 0 Å². The third kappa shape index (κ3) is 2.99. The Morgan fingerprint density at radius 1 is 1.40 bits per heavy atom. The summed E-state index contributed by atoms with van der Waals surface area (Å²) in [5, 5.41) is 9.64. The summed E-state index contributed by atoms with van der Waals surface area (Å²) in [6, 6.07) is 5.51. The van der Waals surface area contributed by atoms with Crippen molar-refractivity contribution in [1.29, 1.82) is 0 Å². The van der Waals surface area contributed by atoms with Crippen molar-refractivity contribution < 1.29 is 17.9 Å². The number of sulfone groups is 1. The standard InChI is InChI=1S/C9H10BrFO3S/c1-15(13,14)9(10)8(12)6-4-2-3-5-7(6)11/h2-5,8-9,12H,1H3/t8-,9-/m0/s1. The smallest absolute Gasteiger partial charge is 0.163 e. The van der Waals surface area contributed by atoms with E-state index in [0.29, 0.717) is 0 Å². The van der Waals surface area contributed by atoms with Gasteiger partial charge in [0.1, 0.15) is 16.1 Å². The molecule has 1 N–H and O–H groups in total. The maximum Gasteiger partial charge on any atom is 0.163 e. The van der Waals surface area contributed by atoms with Gasteiger partial charge in [-0.05, 0) is 6.07 Å². The van der Waals surface area contributed by atoms with Crippen LogP contribution in [-0.2, 0) is 9.84 Å². The fourth-order valence-corrected chi connectivity index (χ4v) is 1.99. The molecule has 0 aliphatic carbocycles. The number of aliphatic hydroxyl groups is 1. The highest BCUT2D eigenvalue weighted by atomic mass is 79.9. The Balaban J connectivity index is 3.06. The second-order valence-corrected chi connectivity index (χ2v) is 6.91. The number of halogens is 2. The summed E-state index contributed by atoms with van der Waals surface area (Å²) in [6.45, 7) is 0. The lowest BCUT2D eigenvalue weighted by Gasteiger charge is -2.16. The summed E-state index contributed by atoms with van der Waals surface area (Å²) >= 11 is 2.83. The first-order valence-corrected chi connectivity index (χ1v) is 6.96. The van der Waals surface area contributed by atoms with E-state index in [9.17, 15) is 17.9 Å². The third-order valence-corrected chi connectivity index (χ3v) is 5.49. The SMILES string of the molecule is CS(=O)(=O)[C@H](Br)[C@@H](O)c1ccccc1F. The van der Waals surface area contributed by atoms with Gasteiger partial charge in [0.15, 0.2) is 9.84 Å². The molecule has 0 aromatic heterocycles. The quantitative estimate of drug-likeness (QED) is 0.863. The average molecular weight is 297 g/mol.